The predicted octanol–water partition coefficient (Wildman–Crippen LogP) is 3.46. The van der Waals surface area contributed by atoms with E-state index in [4.69, 9.17) is 9.47 Å². The molecular formula is C19H26N2O2S. The number of ether oxygens (including phenoxy) is 2. The summed E-state index contributed by atoms with van der Waals surface area (Å²) in [5.74, 6) is 1.79. The highest BCUT2D eigenvalue weighted by molar-refractivity contribution is 7.12. The molecule has 0 spiro atoms. The van der Waals surface area contributed by atoms with Crippen LogP contribution in [0, 0.1) is 6.92 Å². The third-order valence-corrected chi connectivity index (χ3v) is 5.56. The highest BCUT2D eigenvalue weighted by Crippen LogP contribution is 2.39. The van der Waals surface area contributed by atoms with Crippen LogP contribution < -0.4 is 14.8 Å². The van der Waals surface area contributed by atoms with Gasteiger partial charge < -0.3 is 14.8 Å². The number of nitrogens with zero attached hydrogens (tertiary/aromatic N) is 1. The highest BCUT2D eigenvalue weighted by Gasteiger charge is 2.27. The first-order chi connectivity index (χ1) is 11.7. The van der Waals surface area contributed by atoms with Gasteiger partial charge >= 0.3 is 0 Å². The molecule has 3 rings (SSSR count). The molecule has 1 aromatic heterocycles. The van der Waals surface area contributed by atoms with E-state index in [1.54, 1.807) is 14.2 Å². The van der Waals surface area contributed by atoms with Gasteiger partial charge in [-0.1, -0.05) is 0 Å². The molecule has 1 unspecified atom stereocenters. The summed E-state index contributed by atoms with van der Waals surface area (Å²) >= 11 is 1.87. The van der Waals surface area contributed by atoms with Crippen LogP contribution in [0.1, 0.15) is 27.8 Å². The number of aryl methyl sites for hydroxylation is 1. The minimum absolute atomic E-state index is 0.202. The van der Waals surface area contributed by atoms with E-state index >= 15 is 0 Å². The van der Waals surface area contributed by atoms with E-state index in [-0.39, 0.29) is 6.04 Å². The van der Waals surface area contributed by atoms with Crippen molar-refractivity contribution in [1.29, 1.82) is 0 Å². The fourth-order valence-corrected chi connectivity index (χ4v) is 4.34. The molecular weight excluding hydrogens is 320 g/mol. The van der Waals surface area contributed by atoms with Crippen LogP contribution in [0.4, 0.5) is 0 Å². The van der Waals surface area contributed by atoms with Crippen LogP contribution in [0.2, 0.25) is 0 Å². The van der Waals surface area contributed by atoms with Gasteiger partial charge in [0.25, 0.3) is 0 Å². The number of thiophene rings is 1. The van der Waals surface area contributed by atoms with Crippen molar-refractivity contribution in [2.24, 2.45) is 0 Å². The number of methoxy groups -OCH3 is 2. The number of benzene rings is 1. The first-order valence-electron chi connectivity index (χ1n) is 8.46. The average molecular weight is 346 g/mol. The summed E-state index contributed by atoms with van der Waals surface area (Å²) in [5.41, 5.74) is 1.18. The summed E-state index contributed by atoms with van der Waals surface area (Å²) in [6, 6.07) is 10.8. The van der Waals surface area contributed by atoms with Crippen molar-refractivity contribution < 1.29 is 9.47 Å². The molecule has 1 N–H and O–H groups in total. The molecule has 2 aromatic rings. The van der Waals surface area contributed by atoms with Gasteiger partial charge in [0.15, 0.2) is 0 Å². The van der Waals surface area contributed by atoms with E-state index in [9.17, 15) is 0 Å². The third-order valence-electron chi connectivity index (χ3n) is 4.50. The Bertz CT molecular complexity index is 663. The van der Waals surface area contributed by atoms with Crippen molar-refractivity contribution in [2.75, 3.05) is 40.4 Å². The molecule has 1 aromatic carbocycles. The van der Waals surface area contributed by atoms with Gasteiger partial charge in [0.1, 0.15) is 11.5 Å². The predicted molar refractivity (Wildman–Crippen MR) is 99.5 cm³/mol. The first kappa shape index (κ1) is 17.3. The molecule has 1 aliphatic rings. The molecule has 4 nitrogen and oxygen atoms in total. The van der Waals surface area contributed by atoms with E-state index in [0.29, 0.717) is 0 Å². The van der Waals surface area contributed by atoms with Gasteiger partial charge in [-0.3, -0.25) is 4.90 Å². The lowest BCUT2D eigenvalue weighted by molar-refractivity contribution is 0.238. The quantitative estimate of drug-likeness (QED) is 0.899. The minimum atomic E-state index is 0.202. The Morgan fingerprint density at radius 2 is 1.96 bits per heavy atom. The maximum absolute atomic E-state index is 5.68. The van der Waals surface area contributed by atoms with Crippen LogP contribution in [0.3, 0.4) is 0 Å². The Hall–Kier alpha value is -1.56. The van der Waals surface area contributed by atoms with Gasteiger partial charge in [-0.15, -0.1) is 11.3 Å². The van der Waals surface area contributed by atoms with Crippen LogP contribution in [-0.4, -0.2) is 45.3 Å². The molecule has 0 radical (unpaired) electrons. The van der Waals surface area contributed by atoms with E-state index in [1.807, 2.05) is 23.5 Å². The van der Waals surface area contributed by atoms with Gasteiger partial charge in [0.2, 0.25) is 0 Å². The zero-order valence-electron chi connectivity index (χ0n) is 14.7. The smallest absolute Gasteiger partial charge is 0.124 e. The van der Waals surface area contributed by atoms with Crippen molar-refractivity contribution >= 4 is 11.3 Å². The van der Waals surface area contributed by atoms with Gasteiger partial charge in [-0.25, -0.2) is 0 Å². The molecule has 0 saturated carbocycles. The third kappa shape index (κ3) is 3.74. The highest BCUT2D eigenvalue weighted by atomic mass is 32.1. The second-order valence-electron chi connectivity index (χ2n) is 6.10. The van der Waals surface area contributed by atoms with E-state index in [0.717, 1.165) is 44.1 Å². The van der Waals surface area contributed by atoms with Crippen LogP contribution in [0.25, 0.3) is 0 Å². The van der Waals surface area contributed by atoms with Gasteiger partial charge in [-0.2, -0.15) is 0 Å². The molecule has 2 heterocycles. The normalized spacial score (nSPS) is 17.3. The molecule has 1 fully saturated rings. The molecule has 0 bridgehead atoms. The van der Waals surface area contributed by atoms with E-state index in [2.05, 4.69) is 35.3 Å². The number of hydrogen-bond donors (Lipinski definition) is 1. The fraction of sp³-hybridized carbons (Fsp3) is 0.474. The molecule has 1 aliphatic heterocycles. The lowest BCUT2D eigenvalue weighted by atomic mass is 10.0. The zero-order valence-corrected chi connectivity index (χ0v) is 15.5. The summed E-state index contributed by atoms with van der Waals surface area (Å²) in [7, 11) is 3.46. The second kappa shape index (κ2) is 8.01. The lowest BCUT2D eigenvalue weighted by Gasteiger charge is -2.31. The van der Waals surface area contributed by atoms with Crippen LogP contribution in [-0.2, 0) is 0 Å². The first-order valence-corrected chi connectivity index (χ1v) is 9.27. The Balaban J connectivity index is 2.06. The summed E-state index contributed by atoms with van der Waals surface area (Å²) in [6.45, 7) is 6.38. The Kier molecular flexibility index (Phi) is 5.76. The summed E-state index contributed by atoms with van der Waals surface area (Å²) in [4.78, 5) is 5.26. The van der Waals surface area contributed by atoms with Gasteiger partial charge in [0, 0.05) is 35.0 Å². The summed E-state index contributed by atoms with van der Waals surface area (Å²) in [5, 5.41) is 3.50. The van der Waals surface area contributed by atoms with Crippen molar-refractivity contribution in [3.05, 3.63) is 45.6 Å². The largest absolute Gasteiger partial charge is 0.497 e. The monoisotopic (exact) mass is 346 g/mol. The zero-order chi connectivity index (χ0) is 16.9. The van der Waals surface area contributed by atoms with Crippen LogP contribution >= 0.6 is 11.3 Å². The van der Waals surface area contributed by atoms with Crippen LogP contribution in [0.15, 0.2) is 30.3 Å². The van der Waals surface area contributed by atoms with Crippen molar-refractivity contribution in [1.82, 2.24) is 10.2 Å². The van der Waals surface area contributed by atoms with E-state index < -0.39 is 0 Å². The number of hydrogen-bond acceptors (Lipinski definition) is 5. The molecule has 130 valence electrons. The molecule has 1 atom stereocenters. The van der Waals surface area contributed by atoms with Crippen molar-refractivity contribution in [2.45, 2.75) is 19.4 Å². The molecule has 24 heavy (non-hydrogen) atoms. The molecule has 0 amide bonds. The number of nitrogens with one attached hydrogen (secondary N) is 1. The SMILES string of the molecule is COc1ccc(OC)c(C(c2ccc(C)s2)N2CCCNCC2)c1. The van der Waals surface area contributed by atoms with Gasteiger partial charge in [0.05, 0.1) is 20.3 Å². The Morgan fingerprint density at radius 3 is 2.67 bits per heavy atom. The topological polar surface area (TPSA) is 33.7 Å². The maximum atomic E-state index is 5.68. The minimum Gasteiger partial charge on any atom is -0.497 e. The van der Waals surface area contributed by atoms with E-state index in [1.165, 1.54) is 15.3 Å². The summed E-state index contributed by atoms with van der Waals surface area (Å²) in [6.07, 6.45) is 1.16. The fourth-order valence-electron chi connectivity index (χ4n) is 3.31. The maximum Gasteiger partial charge on any atom is 0.124 e. The second-order valence-corrected chi connectivity index (χ2v) is 7.42. The lowest BCUT2D eigenvalue weighted by Crippen LogP contribution is -2.32. The van der Waals surface area contributed by atoms with Crippen molar-refractivity contribution in [3.63, 3.8) is 0 Å². The Labute approximate surface area is 148 Å². The molecule has 0 aliphatic carbocycles. The van der Waals surface area contributed by atoms with Gasteiger partial charge in [-0.05, 0) is 50.2 Å². The van der Waals surface area contributed by atoms with Crippen molar-refractivity contribution in [3.8, 4) is 11.5 Å². The molecule has 1 saturated heterocycles. The average Bonchev–Trinajstić information content (AvgIpc) is 2.86. The number of rotatable bonds is 5. The Morgan fingerprint density at radius 1 is 1.08 bits per heavy atom. The molecule has 5 heteroatoms. The van der Waals surface area contributed by atoms with Crippen LogP contribution in [0.5, 0.6) is 11.5 Å². The summed E-state index contributed by atoms with van der Waals surface area (Å²) < 4.78 is 11.2. The standard InChI is InChI=1S/C19H26N2O2S/c1-14-5-8-18(24-14)19(21-11-4-9-20-10-12-21)16-13-15(22-2)6-7-17(16)23-3/h5-8,13,19-20H,4,9-12H2,1-3H3.